The van der Waals surface area contributed by atoms with Gasteiger partial charge < -0.3 is 14.8 Å². The van der Waals surface area contributed by atoms with Gasteiger partial charge in [-0.15, -0.1) is 0 Å². The average molecular weight is 421 g/mol. The molecule has 2 aromatic carbocycles. The molecule has 0 saturated carbocycles. The molecule has 4 nitrogen and oxygen atoms in total. The Bertz CT molecular complexity index is 785. The number of likely N-dealkylation sites (tertiary alicyclic amines) is 1. The van der Waals surface area contributed by atoms with Gasteiger partial charge in [-0.2, -0.15) is 0 Å². The lowest BCUT2D eigenvalue weighted by atomic mass is 10.1. The van der Waals surface area contributed by atoms with Crippen molar-refractivity contribution in [2.75, 3.05) is 26.2 Å². The summed E-state index contributed by atoms with van der Waals surface area (Å²) in [4.78, 5) is 2.53. The van der Waals surface area contributed by atoms with Gasteiger partial charge in [0, 0.05) is 19.1 Å². The third-order valence-electron chi connectivity index (χ3n) is 5.28. The first-order valence-corrected chi connectivity index (χ1v) is 10.8. The van der Waals surface area contributed by atoms with E-state index in [1.165, 1.54) is 31.5 Å². The highest BCUT2D eigenvalue weighted by Crippen LogP contribution is 2.37. The van der Waals surface area contributed by atoms with Crippen LogP contribution in [0.1, 0.15) is 37.8 Å². The molecule has 0 radical (unpaired) electrons. The SMILES string of the molecule is CCOc1cc(CNC[C@H]2CCCN2CC)cc(Cl)c1OCc1ccc(F)cc1. The van der Waals surface area contributed by atoms with Gasteiger partial charge in [0.25, 0.3) is 0 Å². The lowest BCUT2D eigenvalue weighted by molar-refractivity contribution is 0.259. The number of likely N-dealkylation sites (N-methyl/N-ethyl adjacent to an activating group) is 1. The molecule has 2 aromatic rings. The van der Waals surface area contributed by atoms with Gasteiger partial charge >= 0.3 is 0 Å². The molecule has 0 amide bonds. The second-order valence-corrected chi connectivity index (χ2v) is 7.72. The molecule has 0 aliphatic carbocycles. The van der Waals surface area contributed by atoms with Gasteiger partial charge in [0.15, 0.2) is 11.5 Å². The normalized spacial score (nSPS) is 16.9. The second-order valence-electron chi connectivity index (χ2n) is 7.31. The maximum Gasteiger partial charge on any atom is 0.180 e. The first-order valence-electron chi connectivity index (χ1n) is 10.4. The van der Waals surface area contributed by atoms with Crippen LogP contribution >= 0.6 is 11.6 Å². The van der Waals surface area contributed by atoms with E-state index >= 15 is 0 Å². The van der Waals surface area contributed by atoms with E-state index in [9.17, 15) is 4.39 Å². The number of halogens is 2. The number of hydrogen-bond acceptors (Lipinski definition) is 4. The van der Waals surface area contributed by atoms with Crippen LogP contribution in [0.25, 0.3) is 0 Å². The fraction of sp³-hybridized carbons (Fsp3) is 0.478. The lowest BCUT2D eigenvalue weighted by Crippen LogP contribution is -2.37. The van der Waals surface area contributed by atoms with Crippen LogP contribution in [-0.2, 0) is 13.2 Å². The van der Waals surface area contributed by atoms with Gasteiger partial charge in [0.05, 0.1) is 11.6 Å². The Labute approximate surface area is 178 Å². The van der Waals surface area contributed by atoms with Crippen molar-refractivity contribution in [2.45, 2.75) is 45.9 Å². The molecule has 0 spiro atoms. The summed E-state index contributed by atoms with van der Waals surface area (Å²) < 4.78 is 24.8. The summed E-state index contributed by atoms with van der Waals surface area (Å²) in [5.41, 5.74) is 1.93. The zero-order valence-electron chi connectivity index (χ0n) is 17.2. The van der Waals surface area contributed by atoms with Gasteiger partial charge in [-0.3, -0.25) is 4.90 Å². The van der Waals surface area contributed by atoms with Crippen molar-refractivity contribution >= 4 is 11.6 Å². The molecule has 1 saturated heterocycles. The fourth-order valence-corrected chi connectivity index (χ4v) is 4.08. The van der Waals surface area contributed by atoms with Crippen LogP contribution in [0.2, 0.25) is 5.02 Å². The molecule has 0 unspecified atom stereocenters. The Morgan fingerprint density at radius 2 is 1.93 bits per heavy atom. The van der Waals surface area contributed by atoms with E-state index in [1.54, 1.807) is 12.1 Å². The number of benzene rings is 2. The second kappa shape index (κ2) is 10.8. The highest BCUT2D eigenvalue weighted by atomic mass is 35.5. The lowest BCUT2D eigenvalue weighted by Gasteiger charge is -2.23. The zero-order chi connectivity index (χ0) is 20.6. The molecule has 1 aliphatic rings. The molecule has 6 heteroatoms. The highest BCUT2D eigenvalue weighted by Gasteiger charge is 2.22. The monoisotopic (exact) mass is 420 g/mol. The highest BCUT2D eigenvalue weighted by molar-refractivity contribution is 6.32. The quantitative estimate of drug-likeness (QED) is 0.584. The van der Waals surface area contributed by atoms with E-state index in [0.717, 1.165) is 30.8 Å². The zero-order valence-corrected chi connectivity index (χ0v) is 18.0. The molecule has 1 heterocycles. The van der Waals surface area contributed by atoms with E-state index in [4.69, 9.17) is 21.1 Å². The predicted molar refractivity (Wildman–Crippen MR) is 115 cm³/mol. The van der Waals surface area contributed by atoms with E-state index in [-0.39, 0.29) is 5.82 Å². The Morgan fingerprint density at radius 1 is 1.14 bits per heavy atom. The van der Waals surface area contributed by atoms with Crippen molar-refractivity contribution in [3.8, 4) is 11.5 Å². The van der Waals surface area contributed by atoms with Crippen LogP contribution in [0.3, 0.4) is 0 Å². The minimum absolute atomic E-state index is 0.265. The minimum Gasteiger partial charge on any atom is -0.490 e. The maximum absolute atomic E-state index is 13.1. The molecule has 0 aromatic heterocycles. The summed E-state index contributed by atoms with van der Waals surface area (Å²) in [5, 5.41) is 4.07. The smallest absolute Gasteiger partial charge is 0.180 e. The maximum atomic E-state index is 13.1. The van der Waals surface area contributed by atoms with Crippen LogP contribution in [0.15, 0.2) is 36.4 Å². The number of nitrogens with zero attached hydrogens (tertiary/aromatic N) is 1. The van der Waals surface area contributed by atoms with E-state index < -0.39 is 0 Å². The van der Waals surface area contributed by atoms with Crippen LogP contribution in [0.4, 0.5) is 4.39 Å². The first kappa shape index (κ1) is 21.9. The van der Waals surface area contributed by atoms with Crippen molar-refractivity contribution in [2.24, 2.45) is 0 Å². The van der Waals surface area contributed by atoms with E-state index in [1.807, 2.05) is 19.1 Å². The molecular formula is C23H30ClFN2O2. The summed E-state index contributed by atoms with van der Waals surface area (Å²) in [6, 6.07) is 10.7. The fourth-order valence-electron chi connectivity index (χ4n) is 3.79. The van der Waals surface area contributed by atoms with Gasteiger partial charge in [0.1, 0.15) is 12.4 Å². The topological polar surface area (TPSA) is 33.7 Å². The molecule has 3 rings (SSSR count). The largest absolute Gasteiger partial charge is 0.490 e. The van der Waals surface area contributed by atoms with Crippen LogP contribution in [0.5, 0.6) is 11.5 Å². The Hall–Kier alpha value is -1.82. The summed E-state index contributed by atoms with van der Waals surface area (Å²) in [5.74, 6) is 0.891. The third-order valence-corrected chi connectivity index (χ3v) is 5.56. The Kier molecular flexibility index (Phi) is 8.16. The molecule has 1 aliphatic heterocycles. The van der Waals surface area contributed by atoms with E-state index in [2.05, 4.69) is 17.1 Å². The summed E-state index contributed by atoms with van der Waals surface area (Å²) in [7, 11) is 0. The standard InChI is InChI=1S/C23H30ClFN2O2/c1-3-27-11-5-6-20(27)15-26-14-18-12-21(24)23(22(13-18)28-4-2)29-16-17-7-9-19(25)10-8-17/h7-10,12-13,20,26H,3-6,11,14-16H2,1-2H3/t20-/m1/s1. The molecular weight excluding hydrogens is 391 g/mol. The van der Waals surface area contributed by atoms with Gasteiger partial charge in [-0.1, -0.05) is 30.7 Å². The molecule has 158 valence electrons. The summed E-state index contributed by atoms with van der Waals surface area (Å²) in [6.07, 6.45) is 2.53. The molecule has 0 bridgehead atoms. The van der Waals surface area contributed by atoms with Crippen LogP contribution in [0, 0.1) is 5.82 Å². The van der Waals surface area contributed by atoms with E-state index in [0.29, 0.717) is 35.8 Å². The Morgan fingerprint density at radius 3 is 2.66 bits per heavy atom. The molecule has 1 N–H and O–H groups in total. The van der Waals surface area contributed by atoms with Gasteiger partial charge in [0.2, 0.25) is 0 Å². The van der Waals surface area contributed by atoms with Gasteiger partial charge in [-0.25, -0.2) is 4.39 Å². The summed E-state index contributed by atoms with van der Waals surface area (Å²) >= 11 is 6.51. The summed E-state index contributed by atoms with van der Waals surface area (Å²) in [6.45, 7) is 8.97. The molecule has 29 heavy (non-hydrogen) atoms. The van der Waals surface area contributed by atoms with Crippen molar-refractivity contribution in [1.29, 1.82) is 0 Å². The van der Waals surface area contributed by atoms with Crippen molar-refractivity contribution in [3.63, 3.8) is 0 Å². The van der Waals surface area contributed by atoms with Crippen LogP contribution < -0.4 is 14.8 Å². The number of hydrogen-bond donors (Lipinski definition) is 1. The minimum atomic E-state index is -0.265. The van der Waals surface area contributed by atoms with Crippen LogP contribution in [-0.4, -0.2) is 37.2 Å². The number of nitrogens with one attached hydrogen (secondary N) is 1. The molecule has 1 fully saturated rings. The van der Waals surface area contributed by atoms with Gasteiger partial charge in [-0.05, 0) is 68.2 Å². The predicted octanol–water partition coefficient (Wildman–Crippen LogP) is 5.03. The number of ether oxygens (including phenoxy) is 2. The number of rotatable bonds is 10. The van der Waals surface area contributed by atoms with Crippen molar-refractivity contribution in [1.82, 2.24) is 10.2 Å². The average Bonchev–Trinajstić information content (AvgIpc) is 3.16. The third kappa shape index (κ3) is 6.08. The Balaban J connectivity index is 1.63. The first-order chi connectivity index (χ1) is 14.1. The van der Waals surface area contributed by atoms with Crippen molar-refractivity contribution in [3.05, 3.63) is 58.4 Å². The van der Waals surface area contributed by atoms with Crippen molar-refractivity contribution < 1.29 is 13.9 Å². The molecule has 1 atom stereocenters.